The Balaban J connectivity index is 1.67. The lowest BCUT2D eigenvalue weighted by Crippen LogP contribution is -2.45. The van der Waals surface area contributed by atoms with Crippen molar-refractivity contribution in [1.29, 1.82) is 0 Å². The smallest absolute Gasteiger partial charge is 0.253 e. The number of nitrogens with zero attached hydrogens (tertiary/aromatic N) is 4. The van der Waals surface area contributed by atoms with Crippen LogP contribution in [-0.4, -0.2) is 254 Å². The number of carbonyl (C=O) groups is 4. The van der Waals surface area contributed by atoms with E-state index in [1.54, 1.807) is 181 Å². The first-order chi connectivity index (χ1) is 41.4. The van der Waals surface area contributed by atoms with Crippen LogP contribution in [0.4, 0.5) is 0 Å². The lowest BCUT2D eigenvalue weighted by Gasteiger charge is -2.35. The molecule has 20 N–H and O–H groups in total. The van der Waals surface area contributed by atoms with Crippen LogP contribution in [0.5, 0.6) is 46.0 Å². The SMILES string of the molecule is O=C(NCC(O)CO)c1c(I)c(O)c(CN2CCN(Cc3c(O)c(I)c(C(=O)NCC(O)CO)c(I)c3O)CCN(Cc3c(O)c(I)c(C(=O)NCC(O)CO)c(I)c3O)CCN(Cc3c(O)c(I)c(C(=O)NCC(O)CO)c(I)c3O)CC2)c(O)c1I. The first kappa shape index (κ1) is 77.2. The van der Waals surface area contributed by atoms with Gasteiger partial charge in [-0.2, -0.15) is 0 Å². The first-order valence-electron chi connectivity index (χ1n) is 26.3. The van der Waals surface area contributed by atoms with Crippen molar-refractivity contribution < 1.29 is 101 Å². The van der Waals surface area contributed by atoms with E-state index in [2.05, 4.69) is 21.3 Å². The highest BCUT2D eigenvalue weighted by atomic mass is 127. The monoisotopic (exact) mass is 2140 g/mol. The number of hydrogen-bond donors (Lipinski definition) is 20. The molecule has 1 heterocycles. The van der Waals surface area contributed by atoms with Crippen molar-refractivity contribution in [3.63, 3.8) is 0 Å². The zero-order chi connectivity index (χ0) is 65.8. The molecule has 4 aromatic carbocycles. The number of carbonyl (C=O) groups excluding carboxylic acids is 4. The highest BCUT2D eigenvalue weighted by Crippen LogP contribution is 2.44. The van der Waals surface area contributed by atoms with Crippen molar-refractivity contribution in [2.45, 2.75) is 50.6 Å². The summed E-state index contributed by atoms with van der Waals surface area (Å²) in [6.45, 7) is -3.98. The first-order valence-corrected chi connectivity index (χ1v) is 34.9. The number of nitrogens with one attached hydrogen (secondary N) is 4. The highest BCUT2D eigenvalue weighted by molar-refractivity contribution is 14.1. The number of rotatable bonds is 24. The molecule has 488 valence electrons. The maximum Gasteiger partial charge on any atom is 0.253 e. The minimum atomic E-state index is -1.29. The van der Waals surface area contributed by atoms with Gasteiger partial charge in [0.05, 0.1) is 124 Å². The number of aliphatic hydroxyl groups is 8. The summed E-state index contributed by atoms with van der Waals surface area (Å²) in [7, 11) is 0. The van der Waals surface area contributed by atoms with Crippen molar-refractivity contribution in [2.75, 3.05) is 105 Å². The van der Waals surface area contributed by atoms with Gasteiger partial charge in [0.1, 0.15) is 46.0 Å². The molecule has 1 fully saturated rings. The molecule has 4 atom stereocenters. The number of aliphatic hydroxyl groups excluding tert-OH is 8. The summed E-state index contributed by atoms with van der Waals surface area (Å²) in [6.07, 6.45) is -5.16. The van der Waals surface area contributed by atoms with Gasteiger partial charge in [-0.1, -0.05) is 0 Å². The van der Waals surface area contributed by atoms with E-state index >= 15 is 0 Å². The van der Waals surface area contributed by atoms with Crippen LogP contribution >= 0.6 is 181 Å². The van der Waals surface area contributed by atoms with Gasteiger partial charge >= 0.3 is 0 Å². The van der Waals surface area contributed by atoms with Gasteiger partial charge in [-0.15, -0.1) is 0 Å². The van der Waals surface area contributed by atoms with Gasteiger partial charge in [0.15, 0.2) is 0 Å². The third kappa shape index (κ3) is 19.4. The quantitative estimate of drug-likeness (QED) is 0.0432. The molecule has 0 spiro atoms. The van der Waals surface area contributed by atoms with Gasteiger partial charge in [0, 0.05) is 105 Å². The van der Waals surface area contributed by atoms with Crippen LogP contribution in [0.1, 0.15) is 63.7 Å². The normalized spacial score (nSPS) is 15.6. The average molecular weight is 2140 g/mol. The van der Waals surface area contributed by atoms with Crippen LogP contribution in [0.2, 0.25) is 0 Å². The molecule has 1 aliphatic heterocycles. The molecule has 0 aliphatic carbocycles. The van der Waals surface area contributed by atoms with E-state index in [0.29, 0.717) is 0 Å². The molecule has 88 heavy (non-hydrogen) atoms. The zero-order valence-electron chi connectivity index (χ0n) is 46.1. The Morgan fingerprint density at radius 1 is 0.307 bits per heavy atom. The standard InChI is InChI=1S/C52H64I8N8O20/c53-33-29(49(85)61-9-21(73)17-69)34(54)42(78)25(41(33)77)13-65-1-2-66(14-26-43(79)35(55)30(36(56)44(26)80)50(86)62-10-22(74)18-70)5-6-68(16-28-47(83)39(59)32(40(60)48(28)84)52(88)64-12-24(76)20-72)8-7-67(4-3-65)15-27-45(81)37(57)31(38(58)46(27)82)51(87)63-11-23(75)19-71/h21-24,69-84H,1-20H2,(H,61,85)(H,62,86)(H,63,87)(H,64,88). The largest absolute Gasteiger partial charge is 0.506 e. The Bertz CT molecular complexity index is 2670. The van der Waals surface area contributed by atoms with E-state index in [1.807, 2.05) is 19.6 Å². The summed E-state index contributed by atoms with van der Waals surface area (Å²) in [4.78, 5) is 61.1. The van der Waals surface area contributed by atoms with E-state index in [-0.39, 0.29) is 178 Å². The second-order valence-electron chi connectivity index (χ2n) is 20.0. The van der Waals surface area contributed by atoms with Gasteiger partial charge in [0.25, 0.3) is 23.6 Å². The maximum atomic E-state index is 13.4. The summed E-state index contributed by atoms with van der Waals surface area (Å²) in [5.41, 5.74) is -0.388. The summed E-state index contributed by atoms with van der Waals surface area (Å²) in [6, 6.07) is 0. The fraction of sp³-hybridized carbons (Fsp3) is 0.462. The van der Waals surface area contributed by atoms with Crippen LogP contribution in [0.25, 0.3) is 0 Å². The summed E-state index contributed by atoms with van der Waals surface area (Å²) in [5, 5.41) is 182. The molecule has 0 saturated carbocycles. The Morgan fingerprint density at radius 2 is 0.443 bits per heavy atom. The van der Waals surface area contributed by atoms with Crippen LogP contribution in [0, 0.1) is 28.6 Å². The van der Waals surface area contributed by atoms with E-state index in [1.165, 1.54) is 0 Å². The predicted octanol–water partition coefficient (Wildman–Crippen LogP) is 0.822. The number of aromatic hydroxyl groups is 8. The minimum absolute atomic E-state index is 0.00628. The van der Waals surface area contributed by atoms with Crippen LogP contribution < -0.4 is 21.3 Å². The van der Waals surface area contributed by atoms with E-state index in [0.717, 1.165) is 0 Å². The molecule has 5 rings (SSSR count). The minimum Gasteiger partial charge on any atom is -0.506 e. The molecule has 0 radical (unpaired) electrons. The van der Waals surface area contributed by atoms with Gasteiger partial charge in [0.2, 0.25) is 0 Å². The van der Waals surface area contributed by atoms with Crippen molar-refractivity contribution in [1.82, 2.24) is 40.9 Å². The van der Waals surface area contributed by atoms with Crippen LogP contribution in [0.15, 0.2) is 0 Å². The van der Waals surface area contributed by atoms with Gasteiger partial charge in [-0.25, -0.2) is 0 Å². The Morgan fingerprint density at radius 3 is 0.568 bits per heavy atom. The van der Waals surface area contributed by atoms with Gasteiger partial charge in [-0.3, -0.25) is 38.8 Å². The fourth-order valence-electron chi connectivity index (χ4n) is 8.80. The lowest BCUT2D eigenvalue weighted by atomic mass is 10.1. The maximum absolute atomic E-state index is 13.4. The molecule has 4 unspecified atom stereocenters. The Labute approximate surface area is 613 Å². The second-order valence-corrected chi connectivity index (χ2v) is 28.6. The molecule has 4 amide bonds. The third-order valence-corrected chi connectivity index (χ3v) is 22.3. The third-order valence-electron chi connectivity index (χ3n) is 13.9. The Kier molecular flexibility index (Phi) is 31.5. The Hall–Kier alpha value is -1.48. The number of phenols is 8. The predicted molar refractivity (Wildman–Crippen MR) is 384 cm³/mol. The number of benzene rings is 4. The topological polar surface area (TPSA) is 453 Å². The van der Waals surface area contributed by atoms with E-state index in [9.17, 15) is 101 Å². The summed E-state index contributed by atoms with van der Waals surface area (Å²) >= 11 is 14.1. The highest BCUT2D eigenvalue weighted by Gasteiger charge is 2.33. The van der Waals surface area contributed by atoms with Crippen molar-refractivity contribution in [2.24, 2.45) is 0 Å². The molecule has 28 nitrogen and oxygen atoms in total. The average Bonchev–Trinajstić information content (AvgIpc) is 3.62. The van der Waals surface area contributed by atoms with Crippen LogP contribution in [0.3, 0.4) is 0 Å². The summed E-state index contributed by atoms with van der Waals surface area (Å²) in [5.74, 6) is -6.63. The molecule has 1 saturated heterocycles. The number of halogens is 8. The zero-order valence-corrected chi connectivity index (χ0v) is 63.3. The van der Waals surface area contributed by atoms with Crippen molar-refractivity contribution >= 4 is 204 Å². The molecular weight excluding hydrogens is 2070 g/mol. The van der Waals surface area contributed by atoms with E-state index < -0.39 is 120 Å². The molecule has 4 aromatic rings. The lowest BCUT2D eigenvalue weighted by molar-refractivity contribution is 0.0797. The number of phenolic OH excluding ortho intramolecular Hbond substituents is 8. The second kappa shape index (κ2) is 35.9. The number of hydrogen-bond acceptors (Lipinski definition) is 24. The molecule has 36 heteroatoms. The molecule has 0 aromatic heterocycles. The van der Waals surface area contributed by atoms with Crippen molar-refractivity contribution in [3.8, 4) is 46.0 Å². The summed E-state index contributed by atoms with van der Waals surface area (Å²) < 4.78 is 0.403. The van der Waals surface area contributed by atoms with Gasteiger partial charge in [-0.05, 0) is 181 Å². The molecule has 0 bridgehead atoms. The molecule has 1 aliphatic rings. The number of amides is 4. The fourth-order valence-corrected chi connectivity index (χ4v) is 17.6. The molecular formula is C52H64I8N8O20. The van der Waals surface area contributed by atoms with Crippen LogP contribution in [-0.2, 0) is 26.2 Å². The van der Waals surface area contributed by atoms with Gasteiger partial charge < -0.3 is 103 Å². The van der Waals surface area contributed by atoms with Crippen molar-refractivity contribution in [3.05, 3.63) is 73.1 Å². The van der Waals surface area contributed by atoms with E-state index in [4.69, 9.17) is 0 Å².